The van der Waals surface area contributed by atoms with Gasteiger partial charge in [-0.15, -0.1) is 0 Å². The SMILES string of the molecule is NCCC[C@@H]1CCCNC1. The fraction of sp³-hybridized carbons (Fsp3) is 1.00. The van der Waals surface area contributed by atoms with E-state index in [-0.39, 0.29) is 0 Å². The Hall–Kier alpha value is -0.0800. The number of hydrogen-bond donors (Lipinski definition) is 2. The zero-order chi connectivity index (χ0) is 7.23. The summed E-state index contributed by atoms with van der Waals surface area (Å²) in [4.78, 5) is 0. The lowest BCUT2D eigenvalue weighted by molar-refractivity contribution is 0.352. The van der Waals surface area contributed by atoms with Crippen LogP contribution in [0.2, 0.25) is 0 Å². The largest absolute Gasteiger partial charge is 0.330 e. The van der Waals surface area contributed by atoms with Crippen LogP contribution >= 0.6 is 0 Å². The van der Waals surface area contributed by atoms with Crippen LogP contribution in [-0.2, 0) is 0 Å². The third kappa shape index (κ3) is 2.67. The molecule has 1 heterocycles. The Kier molecular flexibility index (Phi) is 3.76. The third-order valence-electron chi connectivity index (χ3n) is 2.22. The van der Waals surface area contributed by atoms with Gasteiger partial charge in [0.15, 0.2) is 0 Å². The first kappa shape index (κ1) is 8.02. The highest BCUT2D eigenvalue weighted by atomic mass is 14.9. The molecule has 2 heteroatoms. The van der Waals surface area contributed by atoms with Crippen molar-refractivity contribution in [1.82, 2.24) is 5.32 Å². The van der Waals surface area contributed by atoms with E-state index >= 15 is 0 Å². The molecule has 10 heavy (non-hydrogen) atoms. The zero-order valence-corrected chi connectivity index (χ0v) is 6.60. The second kappa shape index (κ2) is 4.69. The van der Waals surface area contributed by atoms with Crippen LogP contribution in [0.3, 0.4) is 0 Å². The second-order valence-electron chi connectivity index (χ2n) is 3.14. The summed E-state index contributed by atoms with van der Waals surface area (Å²) in [6.45, 7) is 3.30. The maximum atomic E-state index is 5.43. The predicted octanol–water partition coefficient (Wildman–Crippen LogP) is 0.725. The Balaban J connectivity index is 2.02. The Morgan fingerprint density at radius 2 is 2.40 bits per heavy atom. The maximum absolute atomic E-state index is 5.43. The van der Waals surface area contributed by atoms with Gasteiger partial charge in [0.1, 0.15) is 0 Å². The van der Waals surface area contributed by atoms with Gasteiger partial charge in [-0.3, -0.25) is 0 Å². The normalized spacial score (nSPS) is 26.7. The lowest BCUT2D eigenvalue weighted by Crippen LogP contribution is -2.29. The molecular weight excluding hydrogens is 124 g/mol. The minimum Gasteiger partial charge on any atom is -0.330 e. The van der Waals surface area contributed by atoms with Crippen LogP contribution in [0, 0.1) is 5.92 Å². The zero-order valence-electron chi connectivity index (χ0n) is 6.60. The monoisotopic (exact) mass is 142 g/mol. The molecule has 1 saturated heterocycles. The van der Waals surface area contributed by atoms with Crippen molar-refractivity contribution in [3.8, 4) is 0 Å². The summed E-state index contributed by atoms with van der Waals surface area (Å²) in [5.74, 6) is 0.914. The van der Waals surface area contributed by atoms with E-state index in [9.17, 15) is 0 Å². The molecule has 0 radical (unpaired) electrons. The highest BCUT2D eigenvalue weighted by Crippen LogP contribution is 2.14. The van der Waals surface area contributed by atoms with Gasteiger partial charge in [0.25, 0.3) is 0 Å². The van der Waals surface area contributed by atoms with Gasteiger partial charge in [0.2, 0.25) is 0 Å². The van der Waals surface area contributed by atoms with Crippen molar-refractivity contribution in [3.05, 3.63) is 0 Å². The smallest absolute Gasteiger partial charge is 0.00205 e. The molecule has 60 valence electrons. The van der Waals surface area contributed by atoms with Crippen molar-refractivity contribution in [1.29, 1.82) is 0 Å². The number of rotatable bonds is 3. The van der Waals surface area contributed by atoms with E-state index in [4.69, 9.17) is 5.73 Å². The molecule has 0 unspecified atom stereocenters. The van der Waals surface area contributed by atoms with Gasteiger partial charge in [-0.25, -0.2) is 0 Å². The van der Waals surface area contributed by atoms with Crippen LogP contribution in [-0.4, -0.2) is 19.6 Å². The van der Waals surface area contributed by atoms with E-state index in [1.807, 2.05) is 0 Å². The van der Waals surface area contributed by atoms with Crippen molar-refractivity contribution in [2.45, 2.75) is 25.7 Å². The molecule has 3 N–H and O–H groups in total. The molecule has 0 bridgehead atoms. The lowest BCUT2D eigenvalue weighted by atomic mass is 9.95. The molecule has 1 aliphatic rings. The van der Waals surface area contributed by atoms with E-state index in [2.05, 4.69) is 5.32 Å². The number of hydrogen-bond acceptors (Lipinski definition) is 2. The van der Waals surface area contributed by atoms with Gasteiger partial charge in [-0.05, 0) is 51.2 Å². The number of piperidine rings is 1. The summed E-state index contributed by atoms with van der Waals surface area (Å²) in [5, 5.41) is 3.40. The first-order valence-electron chi connectivity index (χ1n) is 4.34. The molecule has 0 spiro atoms. The molecule has 0 amide bonds. The predicted molar refractivity (Wildman–Crippen MR) is 43.9 cm³/mol. The van der Waals surface area contributed by atoms with Crippen molar-refractivity contribution >= 4 is 0 Å². The van der Waals surface area contributed by atoms with E-state index in [0.29, 0.717) is 0 Å². The van der Waals surface area contributed by atoms with Gasteiger partial charge in [-0.2, -0.15) is 0 Å². The highest BCUT2D eigenvalue weighted by Gasteiger charge is 2.11. The Morgan fingerprint density at radius 3 is 3.00 bits per heavy atom. The van der Waals surface area contributed by atoms with Crippen LogP contribution in [0.15, 0.2) is 0 Å². The molecule has 0 aromatic rings. The highest BCUT2D eigenvalue weighted by molar-refractivity contribution is 4.68. The van der Waals surface area contributed by atoms with E-state index in [0.717, 1.165) is 12.5 Å². The van der Waals surface area contributed by atoms with Crippen LogP contribution in [0.25, 0.3) is 0 Å². The average molecular weight is 142 g/mol. The third-order valence-corrected chi connectivity index (χ3v) is 2.22. The Bertz CT molecular complexity index is 77.3. The summed E-state index contributed by atoms with van der Waals surface area (Å²) in [7, 11) is 0. The van der Waals surface area contributed by atoms with Gasteiger partial charge in [0.05, 0.1) is 0 Å². The quantitative estimate of drug-likeness (QED) is 0.609. The first-order valence-corrected chi connectivity index (χ1v) is 4.34. The molecule has 0 aromatic carbocycles. The summed E-state index contributed by atoms with van der Waals surface area (Å²) >= 11 is 0. The van der Waals surface area contributed by atoms with E-state index in [1.54, 1.807) is 0 Å². The Labute approximate surface area is 63.2 Å². The van der Waals surface area contributed by atoms with Gasteiger partial charge < -0.3 is 11.1 Å². The molecule has 2 nitrogen and oxygen atoms in total. The van der Waals surface area contributed by atoms with E-state index < -0.39 is 0 Å². The minimum absolute atomic E-state index is 0.858. The van der Waals surface area contributed by atoms with Crippen LogP contribution < -0.4 is 11.1 Å². The van der Waals surface area contributed by atoms with Crippen molar-refractivity contribution in [2.24, 2.45) is 11.7 Å². The van der Waals surface area contributed by atoms with E-state index in [1.165, 1.54) is 38.8 Å². The maximum Gasteiger partial charge on any atom is -0.00205 e. The summed E-state index contributed by atoms with van der Waals surface area (Å²) < 4.78 is 0. The summed E-state index contributed by atoms with van der Waals surface area (Å²) in [6, 6.07) is 0. The molecule has 0 aliphatic carbocycles. The lowest BCUT2D eigenvalue weighted by Gasteiger charge is -2.22. The van der Waals surface area contributed by atoms with Crippen LogP contribution in [0.5, 0.6) is 0 Å². The summed E-state index contributed by atoms with van der Waals surface area (Å²) in [6.07, 6.45) is 5.29. The molecule has 0 saturated carbocycles. The fourth-order valence-electron chi connectivity index (χ4n) is 1.58. The van der Waals surface area contributed by atoms with Gasteiger partial charge >= 0.3 is 0 Å². The van der Waals surface area contributed by atoms with Crippen molar-refractivity contribution in [2.75, 3.05) is 19.6 Å². The molecule has 1 fully saturated rings. The molecular formula is C8H18N2. The Morgan fingerprint density at radius 1 is 1.50 bits per heavy atom. The first-order chi connectivity index (χ1) is 4.93. The van der Waals surface area contributed by atoms with Crippen molar-refractivity contribution < 1.29 is 0 Å². The minimum atomic E-state index is 0.858. The molecule has 0 aromatic heterocycles. The average Bonchev–Trinajstić information content (AvgIpc) is 2.03. The topological polar surface area (TPSA) is 38.0 Å². The van der Waals surface area contributed by atoms with Crippen LogP contribution in [0.4, 0.5) is 0 Å². The fourth-order valence-corrected chi connectivity index (χ4v) is 1.58. The standard InChI is InChI=1S/C8H18N2/c9-5-1-3-8-4-2-6-10-7-8/h8,10H,1-7,9H2/t8-/m1/s1. The molecule has 1 aliphatic heterocycles. The molecule has 1 rings (SSSR count). The van der Waals surface area contributed by atoms with Crippen molar-refractivity contribution in [3.63, 3.8) is 0 Å². The van der Waals surface area contributed by atoms with Gasteiger partial charge in [0, 0.05) is 0 Å². The second-order valence-corrected chi connectivity index (χ2v) is 3.14. The van der Waals surface area contributed by atoms with Gasteiger partial charge in [-0.1, -0.05) is 0 Å². The molecule has 1 atom stereocenters. The number of nitrogens with one attached hydrogen (secondary N) is 1. The summed E-state index contributed by atoms with van der Waals surface area (Å²) in [5.41, 5.74) is 5.43. The van der Waals surface area contributed by atoms with Crippen LogP contribution in [0.1, 0.15) is 25.7 Å². The number of nitrogens with two attached hydrogens (primary N) is 1.